The number of rotatable bonds is 10. The maximum absolute atomic E-state index is 12.4. The van der Waals surface area contributed by atoms with Crippen molar-refractivity contribution in [1.29, 1.82) is 0 Å². The zero-order chi connectivity index (χ0) is 20.4. The Labute approximate surface area is 165 Å². The number of hydrogen-bond acceptors (Lipinski definition) is 4. The molecule has 0 saturated heterocycles. The number of carbonyl (C=O) groups excluding carboxylic acids is 2. The summed E-state index contributed by atoms with van der Waals surface area (Å²) >= 11 is 0. The SMILES string of the molecule is C=CCOc1ccc(C[NH+](C)CC(=O)Nc2ccccc2C(=O)OCC)cc1. The Morgan fingerprint density at radius 3 is 2.54 bits per heavy atom. The average molecular weight is 383 g/mol. The van der Waals surface area contributed by atoms with Crippen molar-refractivity contribution < 1.29 is 24.0 Å². The number of ether oxygens (including phenoxy) is 2. The maximum atomic E-state index is 12.4. The van der Waals surface area contributed by atoms with Crippen LogP contribution in [0, 0.1) is 0 Å². The molecule has 6 heteroatoms. The smallest absolute Gasteiger partial charge is 0.340 e. The second-order valence-corrected chi connectivity index (χ2v) is 6.37. The molecule has 6 nitrogen and oxygen atoms in total. The topological polar surface area (TPSA) is 69.1 Å². The van der Waals surface area contributed by atoms with Gasteiger partial charge in [-0.3, -0.25) is 4.79 Å². The van der Waals surface area contributed by atoms with Gasteiger partial charge in [-0.25, -0.2) is 4.79 Å². The minimum atomic E-state index is -0.446. The van der Waals surface area contributed by atoms with Crippen molar-refractivity contribution in [2.24, 2.45) is 0 Å². The molecule has 0 bridgehead atoms. The number of nitrogens with one attached hydrogen (secondary N) is 2. The summed E-state index contributed by atoms with van der Waals surface area (Å²) in [7, 11) is 1.94. The highest BCUT2D eigenvalue weighted by Gasteiger charge is 2.16. The molecule has 0 fully saturated rings. The van der Waals surface area contributed by atoms with Crippen LogP contribution >= 0.6 is 0 Å². The largest absolute Gasteiger partial charge is 0.490 e. The predicted molar refractivity (Wildman–Crippen MR) is 109 cm³/mol. The molecule has 148 valence electrons. The van der Waals surface area contributed by atoms with E-state index in [1.807, 2.05) is 31.3 Å². The summed E-state index contributed by atoms with van der Waals surface area (Å²) in [4.78, 5) is 25.4. The lowest BCUT2D eigenvalue weighted by Gasteiger charge is -2.15. The second kappa shape index (κ2) is 10.9. The molecule has 1 atom stereocenters. The van der Waals surface area contributed by atoms with Crippen LogP contribution in [0.15, 0.2) is 61.2 Å². The number of para-hydroxylation sites is 1. The molecule has 0 spiro atoms. The first-order valence-electron chi connectivity index (χ1n) is 9.23. The van der Waals surface area contributed by atoms with E-state index in [1.54, 1.807) is 37.3 Å². The molecule has 2 rings (SSSR count). The molecule has 2 aromatic rings. The third-order valence-corrected chi connectivity index (χ3v) is 3.96. The van der Waals surface area contributed by atoms with Crippen LogP contribution in [0.3, 0.4) is 0 Å². The van der Waals surface area contributed by atoms with E-state index in [9.17, 15) is 9.59 Å². The highest BCUT2D eigenvalue weighted by molar-refractivity contribution is 6.01. The molecular weight excluding hydrogens is 356 g/mol. The number of amides is 1. The van der Waals surface area contributed by atoms with E-state index in [1.165, 1.54) is 0 Å². The summed E-state index contributed by atoms with van der Waals surface area (Å²) in [6.45, 7) is 7.08. The Bertz CT molecular complexity index is 802. The highest BCUT2D eigenvalue weighted by atomic mass is 16.5. The zero-order valence-corrected chi connectivity index (χ0v) is 16.4. The van der Waals surface area contributed by atoms with Crippen molar-refractivity contribution in [3.63, 3.8) is 0 Å². The van der Waals surface area contributed by atoms with Gasteiger partial charge in [0.25, 0.3) is 5.91 Å². The lowest BCUT2D eigenvalue weighted by molar-refractivity contribution is -0.885. The standard InChI is InChI=1S/C22H26N2O4/c1-4-14-28-18-12-10-17(11-13-18)15-24(3)16-21(25)23-20-9-7-6-8-19(20)22(26)27-5-2/h4,6-13H,1,5,14-16H2,2-3H3,(H,23,25)/p+1. The van der Waals surface area contributed by atoms with Crippen LogP contribution in [0.25, 0.3) is 0 Å². The highest BCUT2D eigenvalue weighted by Crippen LogP contribution is 2.16. The van der Waals surface area contributed by atoms with Crippen LogP contribution in [-0.4, -0.2) is 38.7 Å². The third-order valence-electron chi connectivity index (χ3n) is 3.96. The first-order valence-corrected chi connectivity index (χ1v) is 9.23. The number of quaternary nitrogens is 1. The summed E-state index contributed by atoms with van der Waals surface area (Å²) in [5, 5.41) is 2.81. The molecule has 1 unspecified atom stereocenters. The van der Waals surface area contributed by atoms with E-state index in [4.69, 9.17) is 9.47 Å². The number of esters is 1. The van der Waals surface area contributed by atoms with Crippen LogP contribution in [0.2, 0.25) is 0 Å². The number of hydrogen-bond donors (Lipinski definition) is 2. The summed E-state index contributed by atoms with van der Waals surface area (Å²) < 4.78 is 10.5. The summed E-state index contributed by atoms with van der Waals surface area (Å²) in [5.41, 5.74) is 1.91. The first-order chi connectivity index (χ1) is 13.5. The number of likely N-dealkylation sites (N-methyl/N-ethyl adjacent to an activating group) is 1. The average Bonchev–Trinajstić information content (AvgIpc) is 2.68. The van der Waals surface area contributed by atoms with E-state index in [0.717, 1.165) is 16.2 Å². The number of anilines is 1. The minimum absolute atomic E-state index is 0.166. The van der Waals surface area contributed by atoms with Gasteiger partial charge in [-0.2, -0.15) is 0 Å². The second-order valence-electron chi connectivity index (χ2n) is 6.37. The van der Waals surface area contributed by atoms with Gasteiger partial charge in [-0.1, -0.05) is 24.8 Å². The molecule has 28 heavy (non-hydrogen) atoms. The Morgan fingerprint density at radius 2 is 1.86 bits per heavy atom. The monoisotopic (exact) mass is 383 g/mol. The third kappa shape index (κ3) is 6.55. The van der Waals surface area contributed by atoms with Crippen molar-refractivity contribution >= 4 is 17.6 Å². The zero-order valence-electron chi connectivity index (χ0n) is 16.4. The van der Waals surface area contributed by atoms with Crippen molar-refractivity contribution in [1.82, 2.24) is 0 Å². The van der Waals surface area contributed by atoms with Crippen LogP contribution in [0.4, 0.5) is 5.69 Å². The van der Waals surface area contributed by atoms with Crippen molar-refractivity contribution in [2.75, 3.05) is 32.1 Å². The van der Waals surface area contributed by atoms with Gasteiger partial charge < -0.3 is 19.7 Å². The minimum Gasteiger partial charge on any atom is -0.490 e. The molecule has 0 saturated carbocycles. The molecule has 0 aliphatic carbocycles. The van der Waals surface area contributed by atoms with Crippen molar-refractivity contribution in [3.05, 3.63) is 72.3 Å². The molecule has 0 aromatic heterocycles. The normalized spacial score (nSPS) is 11.4. The van der Waals surface area contributed by atoms with E-state index < -0.39 is 5.97 Å². The van der Waals surface area contributed by atoms with Crippen LogP contribution in [-0.2, 0) is 16.1 Å². The molecule has 2 N–H and O–H groups in total. The maximum Gasteiger partial charge on any atom is 0.340 e. The molecule has 0 aliphatic rings. The molecule has 0 heterocycles. The van der Waals surface area contributed by atoms with Crippen molar-refractivity contribution in [2.45, 2.75) is 13.5 Å². The van der Waals surface area contributed by atoms with Crippen LogP contribution in [0.5, 0.6) is 5.75 Å². The number of carbonyl (C=O) groups is 2. The Balaban J connectivity index is 1.91. The first kappa shape index (κ1) is 21.2. The van der Waals surface area contributed by atoms with Crippen molar-refractivity contribution in [3.8, 4) is 5.75 Å². The predicted octanol–water partition coefficient (Wildman–Crippen LogP) is 2.08. The van der Waals surface area contributed by atoms with Gasteiger partial charge in [0, 0.05) is 5.56 Å². The van der Waals surface area contributed by atoms with Gasteiger partial charge in [-0.15, -0.1) is 0 Å². The van der Waals surface area contributed by atoms with E-state index >= 15 is 0 Å². The van der Waals surface area contributed by atoms with Gasteiger partial charge in [-0.05, 0) is 43.3 Å². The van der Waals surface area contributed by atoms with Gasteiger partial charge in [0.1, 0.15) is 18.9 Å². The Kier molecular flexibility index (Phi) is 8.24. The molecular formula is C22H27N2O4+. The van der Waals surface area contributed by atoms with Gasteiger partial charge in [0.05, 0.1) is 24.9 Å². The van der Waals surface area contributed by atoms with Gasteiger partial charge in [0.2, 0.25) is 0 Å². The molecule has 2 aromatic carbocycles. The quantitative estimate of drug-likeness (QED) is 0.487. The van der Waals surface area contributed by atoms with Crippen LogP contribution in [0.1, 0.15) is 22.8 Å². The van der Waals surface area contributed by atoms with Gasteiger partial charge in [0.15, 0.2) is 6.54 Å². The Hall–Kier alpha value is -3.12. The fraction of sp³-hybridized carbons (Fsp3) is 0.273. The molecule has 0 aliphatic heterocycles. The fourth-order valence-electron chi connectivity index (χ4n) is 2.72. The summed E-state index contributed by atoms with van der Waals surface area (Å²) in [6, 6.07) is 14.6. The van der Waals surface area contributed by atoms with E-state index in [0.29, 0.717) is 24.4 Å². The van der Waals surface area contributed by atoms with E-state index in [2.05, 4.69) is 11.9 Å². The lowest BCUT2D eigenvalue weighted by Crippen LogP contribution is -3.08. The summed E-state index contributed by atoms with van der Waals surface area (Å²) in [5.74, 6) is 0.174. The number of benzene rings is 2. The summed E-state index contributed by atoms with van der Waals surface area (Å²) in [6.07, 6.45) is 1.70. The molecule has 1 amide bonds. The van der Waals surface area contributed by atoms with Gasteiger partial charge >= 0.3 is 5.97 Å². The lowest BCUT2D eigenvalue weighted by atomic mass is 10.1. The fourth-order valence-corrected chi connectivity index (χ4v) is 2.72. The van der Waals surface area contributed by atoms with E-state index in [-0.39, 0.29) is 19.1 Å². The van der Waals surface area contributed by atoms with Crippen LogP contribution < -0.4 is 15.0 Å². The Morgan fingerprint density at radius 1 is 1.14 bits per heavy atom. The molecule has 0 radical (unpaired) electrons.